The van der Waals surface area contributed by atoms with Crippen LogP contribution in [0.4, 0.5) is 0 Å². The lowest BCUT2D eigenvalue weighted by Gasteiger charge is -2.17. The molecule has 0 aliphatic carbocycles. The van der Waals surface area contributed by atoms with Crippen LogP contribution in [0.5, 0.6) is 0 Å². The van der Waals surface area contributed by atoms with E-state index in [1.807, 2.05) is 6.07 Å². The number of halogens is 1. The zero-order valence-corrected chi connectivity index (χ0v) is 12.1. The highest BCUT2D eigenvalue weighted by atomic mass is 35.5. The van der Waals surface area contributed by atoms with Crippen molar-refractivity contribution >= 4 is 17.6 Å². The van der Waals surface area contributed by atoms with Gasteiger partial charge in [-0.1, -0.05) is 25.4 Å². The predicted molar refractivity (Wildman–Crippen MR) is 76.2 cm³/mol. The third kappa shape index (κ3) is 3.36. The molecule has 1 fully saturated rings. The van der Waals surface area contributed by atoms with Crippen molar-refractivity contribution in [1.82, 2.24) is 15.2 Å². The molecule has 0 radical (unpaired) electrons. The van der Waals surface area contributed by atoms with Gasteiger partial charge in [0.1, 0.15) is 10.3 Å². The summed E-state index contributed by atoms with van der Waals surface area (Å²) >= 11 is 6.10. The van der Waals surface area contributed by atoms with Gasteiger partial charge in [0.2, 0.25) is 0 Å². The van der Waals surface area contributed by atoms with Crippen LogP contribution in [0.2, 0.25) is 5.15 Å². The molecule has 2 rings (SSSR count). The Kier molecular flexibility index (Phi) is 4.39. The fourth-order valence-corrected chi connectivity index (χ4v) is 2.16. The highest BCUT2D eigenvalue weighted by Crippen LogP contribution is 2.21. The van der Waals surface area contributed by atoms with Crippen LogP contribution in [0.1, 0.15) is 30.9 Å². The summed E-state index contributed by atoms with van der Waals surface area (Å²) in [5.74, 6) is 0.614. The molecule has 0 spiro atoms. The lowest BCUT2D eigenvalue weighted by molar-refractivity contribution is -0.485. The van der Waals surface area contributed by atoms with Crippen LogP contribution in [0.3, 0.4) is 0 Å². The van der Waals surface area contributed by atoms with Crippen LogP contribution in [0.15, 0.2) is 17.4 Å². The van der Waals surface area contributed by atoms with E-state index in [1.54, 1.807) is 11.1 Å². The average Bonchev–Trinajstić information content (AvgIpc) is 2.78. The number of hydrazone groups is 1. The Bertz CT molecular complexity index is 547. The van der Waals surface area contributed by atoms with Crippen molar-refractivity contribution in [3.05, 3.63) is 38.7 Å². The highest BCUT2D eigenvalue weighted by Gasteiger charge is 2.22. The molecule has 1 saturated heterocycles. The maximum atomic E-state index is 10.5. The molecule has 8 heteroatoms. The van der Waals surface area contributed by atoms with Crippen LogP contribution < -0.4 is 5.32 Å². The number of rotatable bonds is 4. The van der Waals surface area contributed by atoms with Gasteiger partial charge in [0.25, 0.3) is 5.96 Å². The smallest absolute Gasteiger partial charge is 0.271 e. The molecule has 7 nitrogen and oxygen atoms in total. The summed E-state index contributed by atoms with van der Waals surface area (Å²) in [7, 11) is 0. The van der Waals surface area contributed by atoms with Crippen molar-refractivity contribution in [3.8, 4) is 0 Å². The van der Waals surface area contributed by atoms with Crippen LogP contribution >= 0.6 is 11.6 Å². The fraction of sp³-hybridized carbons (Fsp3) is 0.500. The minimum absolute atomic E-state index is 0.265. The lowest BCUT2D eigenvalue weighted by atomic mass is 10.0. The van der Waals surface area contributed by atoms with Gasteiger partial charge in [-0.15, -0.1) is 0 Å². The summed E-state index contributed by atoms with van der Waals surface area (Å²) in [6, 6.07) is 1.99. The largest absolute Gasteiger partial charge is 0.349 e. The Hall–Kier alpha value is -1.89. The number of pyridine rings is 1. The third-order valence-electron chi connectivity index (χ3n) is 3.10. The van der Waals surface area contributed by atoms with E-state index in [4.69, 9.17) is 11.6 Å². The van der Waals surface area contributed by atoms with Gasteiger partial charge in [0, 0.05) is 31.4 Å². The summed E-state index contributed by atoms with van der Waals surface area (Å²) in [6.07, 6.45) is 1.75. The second kappa shape index (κ2) is 6.04. The quantitative estimate of drug-likeness (QED) is 0.520. The molecule has 20 heavy (non-hydrogen) atoms. The summed E-state index contributed by atoms with van der Waals surface area (Å²) < 4.78 is 0. The third-order valence-corrected chi connectivity index (χ3v) is 3.44. The number of nitro groups is 1. The summed E-state index contributed by atoms with van der Waals surface area (Å²) in [5, 5.41) is 16.4. The number of hydrogen-bond acceptors (Lipinski definition) is 3. The Labute approximate surface area is 121 Å². The number of nitrogens with one attached hydrogen (secondary N) is 1. The van der Waals surface area contributed by atoms with Gasteiger partial charge in [-0.2, -0.15) is 0 Å². The predicted octanol–water partition coefficient (Wildman–Crippen LogP) is 1.81. The van der Waals surface area contributed by atoms with Crippen molar-refractivity contribution in [2.75, 3.05) is 13.1 Å². The molecule has 0 amide bonds. The molecule has 0 atom stereocenters. The maximum absolute atomic E-state index is 10.5. The molecular weight excluding hydrogens is 282 g/mol. The number of guanidine groups is 1. The maximum Gasteiger partial charge on any atom is 0.271 e. The number of hydrogen-bond donors (Lipinski definition) is 1. The van der Waals surface area contributed by atoms with E-state index >= 15 is 0 Å². The second-order valence-electron chi connectivity index (χ2n) is 4.88. The molecule has 1 aliphatic rings. The van der Waals surface area contributed by atoms with Gasteiger partial charge in [0.05, 0.1) is 0 Å². The van der Waals surface area contributed by atoms with Crippen molar-refractivity contribution < 1.29 is 5.03 Å². The number of nitrogens with zero attached hydrogens (tertiary/aromatic N) is 4. The Morgan fingerprint density at radius 3 is 3.05 bits per heavy atom. The molecule has 1 aliphatic heterocycles. The molecule has 0 bridgehead atoms. The van der Waals surface area contributed by atoms with Crippen molar-refractivity contribution in [2.24, 2.45) is 5.10 Å². The summed E-state index contributed by atoms with van der Waals surface area (Å²) in [4.78, 5) is 16.4. The topological polar surface area (TPSA) is 83.7 Å². The fourth-order valence-electron chi connectivity index (χ4n) is 1.99. The molecule has 0 saturated carbocycles. The molecule has 108 valence electrons. The van der Waals surface area contributed by atoms with E-state index in [2.05, 4.69) is 29.2 Å². The Morgan fingerprint density at radius 2 is 2.40 bits per heavy atom. The summed E-state index contributed by atoms with van der Waals surface area (Å²) in [5.41, 5.74) is 1.93. The van der Waals surface area contributed by atoms with Gasteiger partial charge in [-0.25, -0.2) is 15.1 Å². The van der Waals surface area contributed by atoms with Gasteiger partial charge in [-0.05, 0) is 17.5 Å². The van der Waals surface area contributed by atoms with Crippen LogP contribution in [-0.4, -0.2) is 34.0 Å². The first-order valence-corrected chi connectivity index (χ1v) is 6.71. The monoisotopic (exact) mass is 297 g/mol. The minimum Gasteiger partial charge on any atom is -0.349 e. The first kappa shape index (κ1) is 14.5. The van der Waals surface area contributed by atoms with E-state index in [9.17, 15) is 10.1 Å². The van der Waals surface area contributed by atoms with Crippen molar-refractivity contribution in [1.29, 1.82) is 0 Å². The molecular formula is C12H16ClN5O2. The normalized spacial score (nSPS) is 16.8. The van der Waals surface area contributed by atoms with Gasteiger partial charge >= 0.3 is 0 Å². The Morgan fingerprint density at radius 1 is 1.65 bits per heavy atom. The number of aromatic nitrogens is 1. The van der Waals surface area contributed by atoms with E-state index in [0.717, 1.165) is 11.1 Å². The molecule has 1 aromatic rings. The highest BCUT2D eigenvalue weighted by molar-refractivity contribution is 6.30. The van der Waals surface area contributed by atoms with E-state index < -0.39 is 5.03 Å². The van der Waals surface area contributed by atoms with Crippen LogP contribution in [-0.2, 0) is 6.54 Å². The zero-order chi connectivity index (χ0) is 14.7. The van der Waals surface area contributed by atoms with Gasteiger partial charge in [0.15, 0.2) is 5.03 Å². The zero-order valence-electron chi connectivity index (χ0n) is 11.3. The SMILES string of the molecule is CC(C)c1cnc(Cl)c(CN2CCN/C2=N\[N+](=O)[O-])c1. The van der Waals surface area contributed by atoms with E-state index in [1.165, 1.54) is 0 Å². The first-order chi connectivity index (χ1) is 9.47. The van der Waals surface area contributed by atoms with Crippen molar-refractivity contribution in [2.45, 2.75) is 26.3 Å². The Balaban J connectivity index is 2.21. The van der Waals surface area contributed by atoms with Crippen molar-refractivity contribution in [3.63, 3.8) is 0 Å². The summed E-state index contributed by atoms with van der Waals surface area (Å²) in [6.45, 7) is 5.88. The van der Waals surface area contributed by atoms with Crippen LogP contribution in [0.25, 0.3) is 0 Å². The second-order valence-corrected chi connectivity index (χ2v) is 5.24. The average molecular weight is 298 g/mol. The van der Waals surface area contributed by atoms with E-state index in [-0.39, 0.29) is 5.96 Å². The van der Waals surface area contributed by atoms with Crippen LogP contribution in [0, 0.1) is 10.1 Å². The van der Waals surface area contributed by atoms with Gasteiger partial charge in [-0.3, -0.25) is 0 Å². The standard InChI is InChI=1S/C12H16ClN5O2/c1-8(2)9-5-10(11(13)15-6-9)7-17-4-3-14-12(17)16-18(19)20/h5-6,8H,3-4,7H2,1-2H3,(H,14,16). The molecule has 0 aromatic carbocycles. The molecule has 0 unspecified atom stereocenters. The molecule has 2 heterocycles. The molecule has 1 N–H and O–H groups in total. The lowest BCUT2D eigenvalue weighted by Crippen LogP contribution is -2.30. The first-order valence-electron chi connectivity index (χ1n) is 6.33. The minimum atomic E-state index is -0.703. The molecule has 1 aromatic heterocycles. The van der Waals surface area contributed by atoms with E-state index in [0.29, 0.717) is 30.7 Å². The van der Waals surface area contributed by atoms with Gasteiger partial charge < -0.3 is 10.2 Å².